The Balaban J connectivity index is 1.84. The van der Waals surface area contributed by atoms with Gasteiger partial charge in [-0.3, -0.25) is 0 Å². The van der Waals surface area contributed by atoms with Crippen molar-refractivity contribution in [3.05, 3.63) is 24.3 Å². The fourth-order valence-electron chi connectivity index (χ4n) is 2.58. The fraction of sp³-hybridized carbons (Fsp3) is 0.571. The van der Waals surface area contributed by atoms with E-state index in [9.17, 15) is 0 Å². The molecule has 0 atom stereocenters. The minimum Gasteiger partial charge on any atom is -0.397 e. The highest BCUT2D eigenvalue weighted by Crippen LogP contribution is 2.25. The molecular weight excluding hydrogens is 210 g/mol. The van der Waals surface area contributed by atoms with Crippen molar-refractivity contribution in [2.45, 2.75) is 44.7 Å². The van der Waals surface area contributed by atoms with Gasteiger partial charge in [-0.25, -0.2) is 0 Å². The number of para-hydroxylation sites is 2. The first-order chi connectivity index (χ1) is 8.29. The second-order valence-electron chi connectivity index (χ2n) is 4.84. The molecule has 1 aliphatic carbocycles. The predicted octanol–water partition coefficient (Wildman–Crippen LogP) is 2.60. The lowest BCUT2D eigenvalue weighted by Crippen LogP contribution is -2.36. The number of rotatable bonds is 4. The lowest BCUT2D eigenvalue weighted by molar-refractivity contribution is 0.359. The lowest BCUT2D eigenvalue weighted by atomic mass is 9.91. The van der Waals surface area contributed by atoms with E-state index in [1.165, 1.54) is 25.7 Å². The minimum absolute atomic E-state index is 0.578. The van der Waals surface area contributed by atoms with Gasteiger partial charge in [-0.2, -0.15) is 0 Å². The topological polar surface area (TPSA) is 50.1 Å². The normalized spacial score (nSPS) is 24.5. The van der Waals surface area contributed by atoms with Crippen LogP contribution in [-0.4, -0.2) is 18.6 Å². The van der Waals surface area contributed by atoms with Crippen molar-refractivity contribution in [3.63, 3.8) is 0 Å². The molecule has 1 aromatic carbocycles. The van der Waals surface area contributed by atoms with Gasteiger partial charge in [-0.15, -0.1) is 0 Å². The van der Waals surface area contributed by atoms with Crippen LogP contribution in [0.1, 0.15) is 32.6 Å². The molecule has 0 bridgehead atoms. The van der Waals surface area contributed by atoms with Gasteiger partial charge in [-0.1, -0.05) is 19.1 Å². The third-order valence-electron chi connectivity index (χ3n) is 3.54. The first-order valence-electron chi connectivity index (χ1n) is 6.64. The van der Waals surface area contributed by atoms with E-state index in [1.54, 1.807) is 0 Å². The van der Waals surface area contributed by atoms with Crippen LogP contribution in [0.3, 0.4) is 0 Å². The number of benzene rings is 1. The maximum absolute atomic E-state index is 5.94. The van der Waals surface area contributed by atoms with Crippen LogP contribution in [0.15, 0.2) is 24.3 Å². The molecule has 0 aromatic heterocycles. The number of hydrogen-bond donors (Lipinski definition) is 3. The lowest BCUT2D eigenvalue weighted by Gasteiger charge is -2.30. The average Bonchev–Trinajstić information content (AvgIpc) is 2.35. The maximum Gasteiger partial charge on any atom is 0.0576 e. The zero-order chi connectivity index (χ0) is 12.1. The van der Waals surface area contributed by atoms with E-state index in [0.717, 1.165) is 17.9 Å². The van der Waals surface area contributed by atoms with Crippen molar-refractivity contribution in [2.24, 2.45) is 0 Å². The number of hydrogen-bond acceptors (Lipinski definition) is 3. The molecule has 0 heterocycles. The van der Waals surface area contributed by atoms with E-state index in [2.05, 4.69) is 23.6 Å². The van der Waals surface area contributed by atoms with Crippen LogP contribution < -0.4 is 16.4 Å². The molecule has 0 saturated heterocycles. The fourth-order valence-corrected chi connectivity index (χ4v) is 2.58. The van der Waals surface area contributed by atoms with Gasteiger partial charge in [0.05, 0.1) is 11.4 Å². The Morgan fingerprint density at radius 1 is 1.12 bits per heavy atom. The predicted molar refractivity (Wildman–Crippen MR) is 74.2 cm³/mol. The summed E-state index contributed by atoms with van der Waals surface area (Å²) in [4.78, 5) is 0. The zero-order valence-electron chi connectivity index (χ0n) is 10.6. The van der Waals surface area contributed by atoms with E-state index < -0.39 is 0 Å². The Kier molecular flexibility index (Phi) is 4.26. The summed E-state index contributed by atoms with van der Waals surface area (Å²) in [5.41, 5.74) is 7.87. The highest BCUT2D eigenvalue weighted by atomic mass is 15.0. The van der Waals surface area contributed by atoms with Gasteiger partial charge in [-0.05, 0) is 44.4 Å². The first kappa shape index (κ1) is 12.2. The maximum atomic E-state index is 5.94. The summed E-state index contributed by atoms with van der Waals surface area (Å²) >= 11 is 0. The highest BCUT2D eigenvalue weighted by molar-refractivity contribution is 5.65. The van der Waals surface area contributed by atoms with Crippen LogP contribution in [0.2, 0.25) is 0 Å². The van der Waals surface area contributed by atoms with Crippen molar-refractivity contribution in [2.75, 3.05) is 17.6 Å². The molecule has 4 N–H and O–H groups in total. The second kappa shape index (κ2) is 5.92. The Labute approximate surface area is 104 Å². The Morgan fingerprint density at radius 2 is 1.76 bits per heavy atom. The van der Waals surface area contributed by atoms with Crippen molar-refractivity contribution in [1.29, 1.82) is 0 Å². The van der Waals surface area contributed by atoms with Gasteiger partial charge in [0.15, 0.2) is 0 Å². The molecule has 1 saturated carbocycles. The summed E-state index contributed by atoms with van der Waals surface area (Å²) in [6.45, 7) is 3.25. The van der Waals surface area contributed by atoms with Gasteiger partial charge in [0.1, 0.15) is 0 Å². The summed E-state index contributed by atoms with van der Waals surface area (Å²) in [5.74, 6) is 0. The molecule has 1 aliphatic rings. The zero-order valence-corrected chi connectivity index (χ0v) is 10.6. The molecule has 1 aromatic rings. The molecule has 0 radical (unpaired) electrons. The number of nitrogens with two attached hydrogens (primary N) is 1. The first-order valence-corrected chi connectivity index (χ1v) is 6.64. The van der Waals surface area contributed by atoms with Crippen LogP contribution in [-0.2, 0) is 0 Å². The molecule has 3 heteroatoms. The molecule has 0 amide bonds. The molecule has 17 heavy (non-hydrogen) atoms. The summed E-state index contributed by atoms with van der Waals surface area (Å²) in [6.07, 6.45) is 4.98. The van der Waals surface area contributed by atoms with Gasteiger partial charge >= 0.3 is 0 Å². The van der Waals surface area contributed by atoms with Gasteiger partial charge < -0.3 is 16.4 Å². The van der Waals surface area contributed by atoms with Crippen LogP contribution in [0.4, 0.5) is 11.4 Å². The molecule has 2 rings (SSSR count). The van der Waals surface area contributed by atoms with E-state index >= 15 is 0 Å². The Morgan fingerprint density at radius 3 is 2.41 bits per heavy atom. The van der Waals surface area contributed by atoms with E-state index in [0.29, 0.717) is 12.1 Å². The summed E-state index contributed by atoms with van der Waals surface area (Å²) < 4.78 is 0. The largest absolute Gasteiger partial charge is 0.397 e. The molecule has 3 nitrogen and oxygen atoms in total. The van der Waals surface area contributed by atoms with E-state index in [4.69, 9.17) is 5.73 Å². The number of nitrogen functional groups attached to an aromatic ring is 1. The SMILES string of the molecule is CCNC1CCC(Nc2ccccc2N)CC1. The molecule has 0 spiro atoms. The summed E-state index contributed by atoms with van der Waals surface area (Å²) in [5, 5.41) is 7.09. The molecule has 1 fully saturated rings. The third-order valence-corrected chi connectivity index (χ3v) is 3.54. The molecule has 94 valence electrons. The van der Waals surface area contributed by atoms with E-state index in [1.807, 2.05) is 18.2 Å². The van der Waals surface area contributed by atoms with Crippen molar-refractivity contribution >= 4 is 11.4 Å². The Hall–Kier alpha value is -1.22. The second-order valence-corrected chi connectivity index (χ2v) is 4.84. The van der Waals surface area contributed by atoms with Gasteiger partial charge in [0.25, 0.3) is 0 Å². The highest BCUT2D eigenvalue weighted by Gasteiger charge is 2.20. The van der Waals surface area contributed by atoms with Gasteiger partial charge in [0.2, 0.25) is 0 Å². The molecular formula is C14H23N3. The molecule has 0 aliphatic heterocycles. The average molecular weight is 233 g/mol. The van der Waals surface area contributed by atoms with Crippen LogP contribution in [0.25, 0.3) is 0 Å². The Bertz CT molecular complexity index is 343. The van der Waals surface area contributed by atoms with Crippen LogP contribution in [0.5, 0.6) is 0 Å². The van der Waals surface area contributed by atoms with Crippen molar-refractivity contribution in [3.8, 4) is 0 Å². The van der Waals surface area contributed by atoms with Crippen LogP contribution in [0, 0.1) is 0 Å². The monoisotopic (exact) mass is 233 g/mol. The van der Waals surface area contributed by atoms with Crippen LogP contribution >= 0.6 is 0 Å². The third kappa shape index (κ3) is 3.37. The number of anilines is 2. The van der Waals surface area contributed by atoms with Gasteiger partial charge in [0, 0.05) is 12.1 Å². The van der Waals surface area contributed by atoms with Crippen molar-refractivity contribution < 1.29 is 0 Å². The summed E-state index contributed by atoms with van der Waals surface area (Å²) in [7, 11) is 0. The standard InChI is InChI=1S/C14H23N3/c1-2-16-11-7-9-12(10-8-11)17-14-6-4-3-5-13(14)15/h3-6,11-12,16-17H,2,7-10,15H2,1H3. The smallest absolute Gasteiger partial charge is 0.0576 e. The summed E-state index contributed by atoms with van der Waals surface area (Å²) in [6, 6.07) is 9.31. The minimum atomic E-state index is 0.578. The van der Waals surface area contributed by atoms with Crippen molar-refractivity contribution in [1.82, 2.24) is 5.32 Å². The quantitative estimate of drug-likeness (QED) is 0.701. The van der Waals surface area contributed by atoms with E-state index in [-0.39, 0.29) is 0 Å². The molecule has 0 unspecified atom stereocenters. The number of nitrogens with one attached hydrogen (secondary N) is 2.